The molecule has 3 rings (SSSR count). The lowest BCUT2D eigenvalue weighted by atomic mass is 9.96. The number of ether oxygens (including phenoxy) is 2. The summed E-state index contributed by atoms with van der Waals surface area (Å²) in [4.78, 5) is 8.36. The van der Waals surface area contributed by atoms with Crippen LogP contribution in [0.15, 0.2) is 23.3 Å². The molecule has 0 radical (unpaired) electrons. The van der Waals surface area contributed by atoms with Gasteiger partial charge in [0.2, 0.25) is 5.88 Å². The first-order chi connectivity index (χ1) is 12.4. The van der Waals surface area contributed by atoms with Gasteiger partial charge in [-0.2, -0.15) is 13.2 Å². The summed E-state index contributed by atoms with van der Waals surface area (Å²) in [5, 5.41) is 6.52. The molecule has 1 aromatic heterocycles. The highest BCUT2D eigenvalue weighted by Crippen LogP contribution is 2.34. The van der Waals surface area contributed by atoms with E-state index in [4.69, 9.17) is 9.47 Å². The molecule has 0 aliphatic carbocycles. The number of pyridine rings is 1. The van der Waals surface area contributed by atoms with Crippen LogP contribution in [-0.4, -0.2) is 48.5 Å². The van der Waals surface area contributed by atoms with Crippen molar-refractivity contribution < 1.29 is 22.6 Å². The SMILES string of the molecule is CCNC(=NCc1cccnc1OCC(F)(F)F)NC1CC2CCC1O2.I. The van der Waals surface area contributed by atoms with Gasteiger partial charge in [0, 0.05) is 18.3 Å². The molecule has 3 unspecified atom stereocenters. The van der Waals surface area contributed by atoms with Crippen molar-refractivity contribution >= 4 is 29.9 Å². The molecular weight excluding hydrogens is 476 g/mol. The molecule has 3 heterocycles. The van der Waals surface area contributed by atoms with Crippen LogP contribution in [0.5, 0.6) is 5.88 Å². The van der Waals surface area contributed by atoms with Crippen molar-refractivity contribution in [1.82, 2.24) is 15.6 Å². The van der Waals surface area contributed by atoms with E-state index in [1.54, 1.807) is 12.1 Å². The predicted molar refractivity (Wildman–Crippen MR) is 105 cm³/mol. The molecule has 2 saturated heterocycles. The molecule has 2 N–H and O–H groups in total. The van der Waals surface area contributed by atoms with Crippen LogP contribution in [0.4, 0.5) is 13.2 Å². The van der Waals surface area contributed by atoms with Crippen molar-refractivity contribution in [3.8, 4) is 5.88 Å². The molecule has 152 valence electrons. The molecule has 0 saturated carbocycles. The Morgan fingerprint density at radius 3 is 2.85 bits per heavy atom. The van der Waals surface area contributed by atoms with Crippen LogP contribution >= 0.6 is 24.0 Å². The number of halogens is 4. The summed E-state index contributed by atoms with van der Waals surface area (Å²) in [6.45, 7) is 1.42. The van der Waals surface area contributed by atoms with Gasteiger partial charge in [-0.05, 0) is 32.3 Å². The Morgan fingerprint density at radius 2 is 2.22 bits per heavy atom. The fourth-order valence-corrected chi connectivity index (χ4v) is 3.27. The van der Waals surface area contributed by atoms with Crippen molar-refractivity contribution in [1.29, 1.82) is 0 Å². The second-order valence-corrected chi connectivity index (χ2v) is 6.43. The number of hydrogen-bond donors (Lipinski definition) is 2. The minimum absolute atomic E-state index is 0. The maximum Gasteiger partial charge on any atom is 0.422 e. The largest absolute Gasteiger partial charge is 0.468 e. The molecule has 3 atom stereocenters. The molecule has 6 nitrogen and oxygen atoms in total. The number of guanidine groups is 1. The van der Waals surface area contributed by atoms with Gasteiger partial charge in [0.15, 0.2) is 12.6 Å². The van der Waals surface area contributed by atoms with Gasteiger partial charge in [0.1, 0.15) is 0 Å². The van der Waals surface area contributed by atoms with Crippen molar-refractivity contribution in [2.24, 2.45) is 4.99 Å². The summed E-state index contributed by atoms with van der Waals surface area (Å²) in [6, 6.07) is 3.52. The quantitative estimate of drug-likeness (QED) is 0.357. The first kappa shape index (κ1) is 22.0. The van der Waals surface area contributed by atoms with Crippen LogP contribution in [0, 0.1) is 0 Å². The van der Waals surface area contributed by atoms with E-state index in [2.05, 4.69) is 20.6 Å². The van der Waals surface area contributed by atoms with Crippen LogP contribution in [0.25, 0.3) is 0 Å². The van der Waals surface area contributed by atoms with Crippen LogP contribution in [0.1, 0.15) is 31.7 Å². The Balaban J connectivity index is 0.00000261. The molecule has 0 spiro atoms. The third-order valence-corrected chi connectivity index (χ3v) is 4.40. The van der Waals surface area contributed by atoms with E-state index in [1.165, 1.54) is 6.20 Å². The summed E-state index contributed by atoms with van der Waals surface area (Å²) in [5.41, 5.74) is 0.498. The zero-order valence-electron chi connectivity index (χ0n) is 15.0. The highest BCUT2D eigenvalue weighted by Gasteiger charge is 2.41. The molecule has 1 aromatic rings. The van der Waals surface area contributed by atoms with Gasteiger partial charge in [-0.15, -0.1) is 24.0 Å². The van der Waals surface area contributed by atoms with Crippen molar-refractivity contribution in [2.75, 3.05) is 13.2 Å². The zero-order chi connectivity index (χ0) is 18.6. The average Bonchev–Trinajstić information content (AvgIpc) is 3.21. The summed E-state index contributed by atoms with van der Waals surface area (Å²) in [6.07, 6.45) is 0.605. The number of nitrogens with one attached hydrogen (secondary N) is 2. The fourth-order valence-electron chi connectivity index (χ4n) is 3.27. The van der Waals surface area contributed by atoms with Crippen LogP contribution in [0.2, 0.25) is 0 Å². The molecule has 0 amide bonds. The predicted octanol–water partition coefficient (Wildman–Crippen LogP) is 3.02. The maximum absolute atomic E-state index is 12.4. The summed E-state index contributed by atoms with van der Waals surface area (Å²) in [7, 11) is 0. The number of aliphatic imine (C=N–C) groups is 1. The minimum Gasteiger partial charge on any atom is -0.468 e. The number of fused-ring (bicyclic) bond motifs is 2. The first-order valence-electron chi connectivity index (χ1n) is 8.78. The van der Waals surface area contributed by atoms with Gasteiger partial charge < -0.3 is 20.1 Å². The zero-order valence-corrected chi connectivity index (χ0v) is 17.3. The van der Waals surface area contributed by atoms with Crippen LogP contribution in [-0.2, 0) is 11.3 Å². The van der Waals surface area contributed by atoms with E-state index in [-0.39, 0.29) is 48.5 Å². The van der Waals surface area contributed by atoms with E-state index in [9.17, 15) is 13.2 Å². The van der Waals surface area contributed by atoms with Gasteiger partial charge in [-0.1, -0.05) is 6.07 Å². The Bertz CT molecular complexity index is 645. The Hall–Kier alpha value is -1.30. The van der Waals surface area contributed by atoms with Crippen molar-refractivity contribution in [3.63, 3.8) is 0 Å². The lowest BCUT2D eigenvalue weighted by Crippen LogP contribution is -2.47. The van der Waals surface area contributed by atoms with Gasteiger partial charge in [0.05, 0.1) is 24.8 Å². The molecule has 2 aliphatic heterocycles. The topological polar surface area (TPSA) is 67.8 Å². The Morgan fingerprint density at radius 1 is 1.41 bits per heavy atom. The number of hydrogen-bond acceptors (Lipinski definition) is 4. The molecule has 10 heteroatoms. The molecule has 2 fully saturated rings. The third kappa shape index (κ3) is 6.37. The third-order valence-electron chi connectivity index (χ3n) is 4.40. The number of aromatic nitrogens is 1. The molecule has 2 aliphatic rings. The van der Waals surface area contributed by atoms with E-state index in [0.29, 0.717) is 24.2 Å². The minimum atomic E-state index is -4.41. The highest BCUT2D eigenvalue weighted by molar-refractivity contribution is 14.0. The lowest BCUT2D eigenvalue weighted by molar-refractivity contribution is -0.154. The second kappa shape index (κ2) is 9.76. The van der Waals surface area contributed by atoms with Crippen molar-refractivity contribution in [3.05, 3.63) is 23.9 Å². The van der Waals surface area contributed by atoms with Gasteiger partial charge in [-0.3, -0.25) is 0 Å². The number of rotatable bonds is 6. The fraction of sp³-hybridized carbons (Fsp3) is 0.647. The Labute approximate surface area is 173 Å². The van der Waals surface area contributed by atoms with Gasteiger partial charge in [-0.25, -0.2) is 9.98 Å². The molecule has 27 heavy (non-hydrogen) atoms. The molecule has 0 aromatic carbocycles. The Kier molecular flexibility index (Phi) is 7.95. The van der Waals surface area contributed by atoms with E-state index in [1.807, 2.05) is 6.92 Å². The number of alkyl halides is 3. The van der Waals surface area contributed by atoms with Gasteiger partial charge in [0.25, 0.3) is 0 Å². The van der Waals surface area contributed by atoms with Crippen LogP contribution < -0.4 is 15.4 Å². The normalized spacial score (nSPS) is 24.4. The maximum atomic E-state index is 12.4. The standard InChI is InChI=1S/C17H23F3N4O2.HI/c1-2-21-16(24-13-8-12-5-6-14(13)26-12)23-9-11-4-3-7-22-15(11)25-10-17(18,19)20;/h3-4,7,12-14H,2,5-6,8-10H2,1H3,(H2,21,23,24);1H. The summed E-state index contributed by atoms with van der Waals surface area (Å²) >= 11 is 0. The second-order valence-electron chi connectivity index (χ2n) is 6.43. The monoisotopic (exact) mass is 500 g/mol. The van der Waals surface area contributed by atoms with Crippen LogP contribution in [0.3, 0.4) is 0 Å². The molecule has 2 bridgehead atoms. The van der Waals surface area contributed by atoms with E-state index >= 15 is 0 Å². The van der Waals surface area contributed by atoms with E-state index in [0.717, 1.165) is 19.3 Å². The lowest BCUT2D eigenvalue weighted by Gasteiger charge is -2.22. The van der Waals surface area contributed by atoms with E-state index < -0.39 is 12.8 Å². The van der Waals surface area contributed by atoms with Crippen molar-refractivity contribution in [2.45, 2.75) is 57.2 Å². The number of nitrogens with zero attached hydrogens (tertiary/aromatic N) is 2. The summed E-state index contributed by atoms with van der Waals surface area (Å²) in [5.74, 6) is 0.562. The smallest absolute Gasteiger partial charge is 0.422 e. The average molecular weight is 500 g/mol. The first-order valence-corrected chi connectivity index (χ1v) is 8.78. The summed E-state index contributed by atoms with van der Waals surface area (Å²) < 4.78 is 47.8. The van der Waals surface area contributed by atoms with Gasteiger partial charge >= 0.3 is 6.18 Å². The molecular formula is C17H24F3IN4O2. The highest BCUT2D eigenvalue weighted by atomic mass is 127.